The van der Waals surface area contributed by atoms with Gasteiger partial charge in [-0.05, 0) is 31.5 Å². The fraction of sp³-hybridized carbons (Fsp3) is 0.423. The fourth-order valence-corrected chi connectivity index (χ4v) is 6.56. The summed E-state index contributed by atoms with van der Waals surface area (Å²) < 4.78 is 34.6. The molecular formula is C26H33N9O6S. The maximum absolute atomic E-state index is 13.7. The van der Waals surface area contributed by atoms with E-state index < -0.39 is 15.9 Å². The first-order valence-electron chi connectivity index (χ1n) is 13.6. The molecule has 2 aliphatic heterocycles. The third kappa shape index (κ3) is 5.53. The molecule has 5 rings (SSSR count). The minimum Gasteiger partial charge on any atom is -0.493 e. The van der Waals surface area contributed by atoms with Gasteiger partial charge in [0.1, 0.15) is 17.3 Å². The van der Waals surface area contributed by atoms with E-state index in [0.29, 0.717) is 48.3 Å². The zero-order valence-electron chi connectivity index (χ0n) is 23.5. The Morgan fingerprint density at radius 2 is 1.88 bits per heavy atom. The van der Waals surface area contributed by atoms with Gasteiger partial charge in [0.25, 0.3) is 11.5 Å². The summed E-state index contributed by atoms with van der Waals surface area (Å²) in [6.07, 6.45) is 4.24. The first-order valence-corrected chi connectivity index (χ1v) is 15.0. The molecule has 16 heteroatoms. The van der Waals surface area contributed by atoms with Gasteiger partial charge in [0, 0.05) is 45.6 Å². The molecule has 1 unspecified atom stereocenters. The molecule has 0 bridgehead atoms. The van der Waals surface area contributed by atoms with Crippen molar-refractivity contribution in [3.8, 4) is 17.1 Å². The van der Waals surface area contributed by atoms with Gasteiger partial charge >= 0.3 is 0 Å². The number of ether oxygens (including phenoxy) is 1. The molecule has 42 heavy (non-hydrogen) atoms. The molecule has 3 aromatic rings. The molecule has 1 aromatic carbocycles. The number of carbonyl (C=O) groups excluding carboxylic acids is 1. The van der Waals surface area contributed by atoms with Crippen LogP contribution in [0.2, 0.25) is 0 Å². The smallest absolute Gasteiger partial charge is 0.277 e. The molecule has 4 N–H and O–H groups in total. The third-order valence-corrected chi connectivity index (χ3v) is 9.08. The molecule has 2 aromatic heterocycles. The SMILES string of the molecule is CCCC1NN(C)c2c1nc(-c1cc(S(=O)(=O)N3CCN(c4ncc(C(=O)NO)cn4)CC3)ccc1OCC)[nH]c2=O. The van der Waals surface area contributed by atoms with Gasteiger partial charge in [0.05, 0.1) is 34.4 Å². The number of amides is 1. The molecule has 1 atom stereocenters. The van der Waals surface area contributed by atoms with E-state index >= 15 is 0 Å². The van der Waals surface area contributed by atoms with Crippen molar-refractivity contribution in [3.63, 3.8) is 0 Å². The zero-order valence-corrected chi connectivity index (χ0v) is 24.3. The first kappa shape index (κ1) is 29.4. The lowest BCUT2D eigenvalue weighted by Crippen LogP contribution is -2.49. The summed E-state index contributed by atoms with van der Waals surface area (Å²) in [6.45, 7) is 5.22. The second-order valence-electron chi connectivity index (χ2n) is 9.87. The van der Waals surface area contributed by atoms with Crippen LogP contribution in [0.5, 0.6) is 5.75 Å². The van der Waals surface area contributed by atoms with Gasteiger partial charge < -0.3 is 19.6 Å². The Morgan fingerprint density at radius 1 is 1.17 bits per heavy atom. The highest BCUT2D eigenvalue weighted by Gasteiger charge is 2.33. The Morgan fingerprint density at radius 3 is 2.52 bits per heavy atom. The molecule has 224 valence electrons. The summed E-state index contributed by atoms with van der Waals surface area (Å²) in [5.41, 5.74) is 5.97. The standard InChI is InChI=1S/C26H33N9O6S/c1-4-6-19-21-22(33(3)31-19)25(37)30-23(29-21)18-13-17(7-8-20(18)41-5-2)42(39,40)35-11-9-34(10-12-35)26-27-14-16(15-28-26)24(36)32-38/h7-8,13-15,19,31,38H,4-6,9-12H2,1-3H3,(H,32,36)(H,29,30,37). The maximum atomic E-state index is 13.7. The molecule has 0 aliphatic carbocycles. The Bertz CT molecular complexity index is 1620. The predicted molar refractivity (Wildman–Crippen MR) is 153 cm³/mol. The van der Waals surface area contributed by atoms with Gasteiger partial charge in [-0.2, -0.15) is 4.31 Å². The van der Waals surface area contributed by atoms with E-state index in [1.54, 1.807) is 18.1 Å². The van der Waals surface area contributed by atoms with Crippen molar-refractivity contribution in [2.45, 2.75) is 37.6 Å². The molecule has 0 spiro atoms. The number of H-pyrrole nitrogens is 1. The lowest BCUT2D eigenvalue weighted by molar-refractivity contribution is 0.0705. The van der Waals surface area contributed by atoms with E-state index in [-0.39, 0.29) is 41.0 Å². The number of aromatic nitrogens is 4. The van der Waals surface area contributed by atoms with Gasteiger partial charge in [0.2, 0.25) is 16.0 Å². The number of benzene rings is 1. The number of carbonyl (C=O) groups is 1. The number of fused-ring (bicyclic) bond motifs is 1. The molecule has 15 nitrogen and oxygen atoms in total. The fourth-order valence-electron chi connectivity index (χ4n) is 5.11. The molecule has 1 amide bonds. The van der Waals surface area contributed by atoms with Crippen molar-refractivity contribution in [3.05, 3.63) is 52.2 Å². The number of sulfonamides is 1. The van der Waals surface area contributed by atoms with Crippen LogP contribution in [-0.2, 0) is 10.0 Å². The minimum atomic E-state index is -3.91. The number of rotatable bonds is 9. The molecule has 0 saturated carbocycles. The minimum absolute atomic E-state index is 0.0496. The Balaban J connectivity index is 1.41. The van der Waals surface area contributed by atoms with Crippen LogP contribution in [0.25, 0.3) is 11.4 Å². The summed E-state index contributed by atoms with van der Waals surface area (Å²) in [7, 11) is -2.15. The summed E-state index contributed by atoms with van der Waals surface area (Å²) in [4.78, 5) is 42.4. The summed E-state index contributed by atoms with van der Waals surface area (Å²) in [5.74, 6) is 0.262. The van der Waals surface area contributed by atoms with Crippen LogP contribution in [-0.4, -0.2) is 83.6 Å². The van der Waals surface area contributed by atoms with E-state index in [2.05, 4.69) is 27.3 Å². The number of nitrogens with one attached hydrogen (secondary N) is 3. The quantitative estimate of drug-likeness (QED) is 0.203. The van der Waals surface area contributed by atoms with Crippen LogP contribution in [0.15, 0.2) is 40.3 Å². The van der Waals surface area contributed by atoms with Gasteiger partial charge in [-0.25, -0.2) is 34.3 Å². The number of hydrogen-bond donors (Lipinski definition) is 4. The van der Waals surface area contributed by atoms with E-state index in [1.807, 2.05) is 11.8 Å². The number of hydrazine groups is 1. The van der Waals surface area contributed by atoms with Crippen LogP contribution in [0.1, 0.15) is 48.8 Å². The van der Waals surface area contributed by atoms with Crippen molar-refractivity contribution < 1.29 is 23.2 Å². The van der Waals surface area contributed by atoms with Crippen LogP contribution in [0.4, 0.5) is 11.6 Å². The summed E-state index contributed by atoms with van der Waals surface area (Å²) in [6, 6.07) is 4.43. The Labute approximate surface area is 242 Å². The van der Waals surface area contributed by atoms with E-state index in [0.717, 1.165) is 12.8 Å². The van der Waals surface area contributed by atoms with E-state index in [1.165, 1.54) is 34.3 Å². The number of piperazine rings is 1. The van der Waals surface area contributed by atoms with Crippen molar-refractivity contribution in [1.82, 2.24) is 35.1 Å². The number of nitrogens with zero attached hydrogens (tertiary/aromatic N) is 6. The van der Waals surface area contributed by atoms with Crippen LogP contribution >= 0.6 is 0 Å². The predicted octanol–water partition coefficient (Wildman–Crippen LogP) is 1.05. The summed E-state index contributed by atoms with van der Waals surface area (Å²) >= 11 is 0. The average molecular weight is 600 g/mol. The van der Waals surface area contributed by atoms with Gasteiger partial charge in [-0.3, -0.25) is 14.8 Å². The number of hydrogen-bond acceptors (Lipinski definition) is 12. The number of anilines is 2. The highest BCUT2D eigenvalue weighted by molar-refractivity contribution is 7.89. The second kappa shape index (κ2) is 12.0. The molecule has 4 heterocycles. The monoisotopic (exact) mass is 599 g/mol. The van der Waals surface area contributed by atoms with Gasteiger partial charge in [0.15, 0.2) is 0 Å². The van der Waals surface area contributed by atoms with E-state index in [9.17, 15) is 18.0 Å². The topological polar surface area (TPSA) is 186 Å². The van der Waals surface area contributed by atoms with Gasteiger partial charge in [-0.15, -0.1) is 0 Å². The molecule has 1 fully saturated rings. The molecular weight excluding hydrogens is 566 g/mol. The van der Waals surface area contributed by atoms with Crippen molar-refractivity contribution in [1.29, 1.82) is 0 Å². The van der Waals surface area contributed by atoms with Crippen molar-refractivity contribution in [2.24, 2.45) is 0 Å². The van der Waals surface area contributed by atoms with Gasteiger partial charge in [-0.1, -0.05) is 13.3 Å². The molecule has 1 saturated heterocycles. The number of aromatic amines is 1. The summed E-state index contributed by atoms with van der Waals surface area (Å²) in [5, 5.41) is 10.4. The van der Waals surface area contributed by atoms with Crippen LogP contribution in [0, 0.1) is 0 Å². The maximum Gasteiger partial charge on any atom is 0.277 e. The van der Waals surface area contributed by atoms with Crippen molar-refractivity contribution >= 4 is 27.6 Å². The molecule has 2 aliphatic rings. The normalized spacial score (nSPS) is 17.3. The Kier molecular flexibility index (Phi) is 8.40. The number of hydroxylamine groups is 1. The van der Waals surface area contributed by atoms with Crippen LogP contribution < -0.4 is 31.1 Å². The highest BCUT2D eigenvalue weighted by atomic mass is 32.2. The average Bonchev–Trinajstić information content (AvgIpc) is 3.32. The third-order valence-electron chi connectivity index (χ3n) is 7.18. The lowest BCUT2D eigenvalue weighted by atomic mass is 10.1. The second-order valence-corrected chi connectivity index (χ2v) is 11.8. The Hall–Kier alpha value is -4.12. The van der Waals surface area contributed by atoms with E-state index in [4.69, 9.17) is 14.9 Å². The highest BCUT2D eigenvalue weighted by Crippen LogP contribution is 2.35. The molecule has 0 radical (unpaired) electrons. The zero-order chi connectivity index (χ0) is 30.0. The largest absolute Gasteiger partial charge is 0.493 e. The van der Waals surface area contributed by atoms with Crippen LogP contribution in [0.3, 0.4) is 0 Å². The lowest BCUT2D eigenvalue weighted by Gasteiger charge is -2.34. The first-order chi connectivity index (χ1) is 20.2. The van der Waals surface area contributed by atoms with Crippen molar-refractivity contribution in [2.75, 3.05) is 49.7 Å².